The minimum Gasteiger partial charge on any atom is -0.352 e. The van der Waals surface area contributed by atoms with E-state index in [0.29, 0.717) is 11.8 Å². The first-order chi connectivity index (χ1) is 10.4. The standard InChI is InChI=1S/C14H18ClN5OS/c1-8(4-5-12-11(15)6-7-22-12)16-13-17-9(2)18-14(20-13)19-10(3)21/h6-8H,4-5H2,1-3H3,(H2,16,17,18,19,20,21). The van der Waals surface area contributed by atoms with Crippen molar-refractivity contribution in [3.63, 3.8) is 0 Å². The first-order valence-electron chi connectivity index (χ1n) is 6.92. The lowest BCUT2D eigenvalue weighted by atomic mass is 10.1. The summed E-state index contributed by atoms with van der Waals surface area (Å²) in [4.78, 5) is 24.8. The summed E-state index contributed by atoms with van der Waals surface area (Å²) in [6.07, 6.45) is 1.80. The van der Waals surface area contributed by atoms with Gasteiger partial charge in [-0.2, -0.15) is 15.0 Å². The van der Waals surface area contributed by atoms with Crippen LogP contribution in [0.4, 0.5) is 11.9 Å². The summed E-state index contributed by atoms with van der Waals surface area (Å²) in [5.41, 5.74) is 0. The van der Waals surface area contributed by atoms with E-state index < -0.39 is 0 Å². The number of thiophene rings is 1. The molecule has 1 unspecified atom stereocenters. The smallest absolute Gasteiger partial charge is 0.234 e. The molecule has 1 amide bonds. The highest BCUT2D eigenvalue weighted by Crippen LogP contribution is 2.24. The number of carbonyl (C=O) groups is 1. The molecule has 0 aliphatic carbocycles. The summed E-state index contributed by atoms with van der Waals surface area (Å²) in [6.45, 7) is 5.23. The summed E-state index contributed by atoms with van der Waals surface area (Å²) in [5, 5.41) is 8.60. The van der Waals surface area contributed by atoms with Crippen LogP contribution in [0.1, 0.15) is 31.0 Å². The molecule has 0 fully saturated rings. The number of aromatic nitrogens is 3. The number of carbonyl (C=O) groups excluding carboxylic acids is 1. The second kappa shape index (κ2) is 7.51. The van der Waals surface area contributed by atoms with Crippen molar-refractivity contribution in [3.8, 4) is 0 Å². The lowest BCUT2D eigenvalue weighted by Gasteiger charge is -2.14. The molecule has 2 rings (SSSR count). The highest BCUT2D eigenvalue weighted by Gasteiger charge is 2.10. The Hall–Kier alpha value is -1.73. The number of nitrogens with zero attached hydrogens (tertiary/aromatic N) is 3. The van der Waals surface area contributed by atoms with Crippen molar-refractivity contribution in [1.29, 1.82) is 0 Å². The summed E-state index contributed by atoms with van der Waals surface area (Å²) in [6, 6.07) is 2.08. The second-order valence-electron chi connectivity index (χ2n) is 4.99. The van der Waals surface area contributed by atoms with Crippen molar-refractivity contribution in [2.45, 2.75) is 39.7 Å². The zero-order valence-electron chi connectivity index (χ0n) is 12.7. The van der Waals surface area contributed by atoms with Crippen molar-refractivity contribution in [2.75, 3.05) is 10.6 Å². The van der Waals surface area contributed by atoms with Gasteiger partial charge in [0, 0.05) is 17.8 Å². The van der Waals surface area contributed by atoms with Crippen molar-refractivity contribution < 1.29 is 4.79 Å². The Labute approximate surface area is 138 Å². The van der Waals surface area contributed by atoms with E-state index in [0.717, 1.165) is 17.9 Å². The van der Waals surface area contributed by atoms with Gasteiger partial charge in [-0.3, -0.25) is 10.1 Å². The Kier molecular flexibility index (Phi) is 5.68. The van der Waals surface area contributed by atoms with Crippen LogP contribution in [0.2, 0.25) is 5.02 Å². The average molecular weight is 340 g/mol. The number of nitrogens with one attached hydrogen (secondary N) is 2. The van der Waals surface area contributed by atoms with Crippen molar-refractivity contribution in [1.82, 2.24) is 15.0 Å². The van der Waals surface area contributed by atoms with Gasteiger partial charge in [-0.05, 0) is 38.1 Å². The highest BCUT2D eigenvalue weighted by atomic mass is 35.5. The molecule has 0 bridgehead atoms. The van der Waals surface area contributed by atoms with Gasteiger partial charge < -0.3 is 5.32 Å². The Morgan fingerprint density at radius 2 is 2.09 bits per heavy atom. The summed E-state index contributed by atoms with van der Waals surface area (Å²) >= 11 is 7.75. The van der Waals surface area contributed by atoms with Crippen LogP contribution in [-0.2, 0) is 11.2 Å². The fraction of sp³-hybridized carbons (Fsp3) is 0.429. The lowest BCUT2D eigenvalue weighted by molar-refractivity contribution is -0.114. The van der Waals surface area contributed by atoms with Crippen molar-refractivity contribution in [3.05, 3.63) is 27.2 Å². The van der Waals surface area contributed by atoms with Crippen LogP contribution in [0, 0.1) is 6.92 Å². The minimum atomic E-state index is -0.211. The van der Waals surface area contributed by atoms with Gasteiger partial charge in [0.1, 0.15) is 5.82 Å². The maximum atomic E-state index is 11.1. The maximum Gasteiger partial charge on any atom is 0.234 e. The number of hydrogen-bond donors (Lipinski definition) is 2. The SMILES string of the molecule is CC(=O)Nc1nc(C)nc(NC(C)CCc2sccc2Cl)n1. The molecule has 0 aliphatic heterocycles. The third kappa shape index (κ3) is 4.92. The molecular weight excluding hydrogens is 322 g/mol. The molecule has 0 aliphatic rings. The van der Waals surface area contributed by atoms with Crippen LogP contribution in [0.15, 0.2) is 11.4 Å². The molecule has 2 aromatic rings. The molecule has 0 saturated heterocycles. The van der Waals surface area contributed by atoms with Gasteiger partial charge >= 0.3 is 0 Å². The zero-order valence-corrected chi connectivity index (χ0v) is 14.3. The normalized spacial score (nSPS) is 12.0. The summed E-state index contributed by atoms with van der Waals surface area (Å²) in [5.74, 6) is 1.06. The van der Waals surface area contributed by atoms with E-state index in [1.807, 2.05) is 11.4 Å². The molecular formula is C14H18ClN5OS. The first-order valence-corrected chi connectivity index (χ1v) is 8.18. The largest absolute Gasteiger partial charge is 0.352 e. The van der Waals surface area contributed by atoms with Crippen LogP contribution in [0.25, 0.3) is 0 Å². The number of aryl methyl sites for hydroxylation is 2. The summed E-state index contributed by atoms with van der Waals surface area (Å²) in [7, 11) is 0. The molecule has 2 aromatic heterocycles. The van der Waals surface area contributed by atoms with E-state index in [9.17, 15) is 4.79 Å². The molecule has 2 heterocycles. The molecule has 8 heteroatoms. The van der Waals surface area contributed by atoms with Crippen molar-refractivity contribution >= 4 is 40.7 Å². The molecule has 6 nitrogen and oxygen atoms in total. The fourth-order valence-electron chi connectivity index (χ4n) is 1.90. The molecule has 1 atom stereocenters. The van der Waals surface area contributed by atoms with Crippen molar-refractivity contribution in [2.24, 2.45) is 0 Å². The third-order valence-electron chi connectivity index (χ3n) is 2.91. The number of anilines is 2. The van der Waals surface area contributed by atoms with Gasteiger partial charge in [0.05, 0.1) is 5.02 Å². The predicted molar refractivity (Wildman–Crippen MR) is 89.6 cm³/mol. The molecule has 22 heavy (non-hydrogen) atoms. The Balaban J connectivity index is 1.95. The quantitative estimate of drug-likeness (QED) is 0.844. The molecule has 118 valence electrons. The van der Waals surface area contributed by atoms with Gasteiger partial charge in [0.15, 0.2) is 0 Å². The van der Waals surface area contributed by atoms with Gasteiger partial charge in [-0.1, -0.05) is 11.6 Å². The minimum absolute atomic E-state index is 0.171. The van der Waals surface area contributed by atoms with E-state index in [1.165, 1.54) is 11.8 Å². The first kappa shape index (κ1) is 16.6. The van der Waals surface area contributed by atoms with Crippen LogP contribution in [0.3, 0.4) is 0 Å². The zero-order chi connectivity index (χ0) is 16.1. The summed E-state index contributed by atoms with van der Waals surface area (Å²) < 4.78 is 0. The van der Waals surface area contributed by atoms with E-state index in [4.69, 9.17) is 11.6 Å². The monoisotopic (exact) mass is 339 g/mol. The molecule has 0 aromatic carbocycles. The topological polar surface area (TPSA) is 79.8 Å². The van der Waals surface area contributed by atoms with Gasteiger partial charge in [-0.25, -0.2) is 0 Å². The second-order valence-corrected chi connectivity index (χ2v) is 6.39. The van der Waals surface area contributed by atoms with Gasteiger partial charge in [0.25, 0.3) is 0 Å². The highest BCUT2D eigenvalue weighted by molar-refractivity contribution is 7.10. The number of amides is 1. The fourth-order valence-corrected chi connectivity index (χ4v) is 3.05. The van der Waals surface area contributed by atoms with E-state index in [1.54, 1.807) is 18.3 Å². The number of hydrogen-bond acceptors (Lipinski definition) is 6. The Morgan fingerprint density at radius 3 is 2.73 bits per heavy atom. The van der Waals surface area contributed by atoms with E-state index in [-0.39, 0.29) is 17.9 Å². The Bertz CT molecular complexity index is 660. The van der Waals surface area contributed by atoms with Crippen LogP contribution < -0.4 is 10.6 Å². The van der Waals surface area contributed by atoms with Gasteiger partial charge in [-0.15, -0.1) is 11.3 Å². The van der Waals surface area contributed by atoms with E-state index in [2.05, 4.69) is 32.5 Å². The predicted octanol–water partition coefficient (Wildman–Crippen LogP) is 3.29. The van der Waals surface area contributed by atoms with Gasteiger partial charge in [0.2, 0.25) is 17.8 Å². The third-order valence-corrected chi connectivity index (χ3v) is 4.35. The molecule has 0 spiro atoms. The number of rotatable bonds is 6. The lowest BCUT2D eigenvalue weighted by Crippen LogP contribution is -2.19. The molecule has 0 radical (unpaired) electrons. The number of halogens is 1. The molecule has 2 N–H and O–H groups in total. The van der Waals surface area contributed by atoms with Crippen LogP contribution in [-0.4, -0.2) is 26.9 Å². The van der Waals surface area contributed by atoms with E-state index >= 15 is 0 Å². The van der Waals surface area contributed by atoms with Crippen LogP contribution in [0.5, 0.6) is 0 Å². The average Bonchev–Trinajstić information content (AvgIpc) is 2.80. The maximum absolute atomic E-state index is 11.1. The van der Waals surface area contributed by atoms with Crippen LogP contribution >= 0.6 is 22.9 Å². The molecule has 0 saturated carbocycles. The Morgan fingerprint density at radius 1 is 1.36 bits per heavy atom.